The minimum absolute atomic E-state index is 0.0634. The van der Waals surface area contributed by atoms with Crippen molar-refractivity contribution in [2.24, 2.45) is 0 Å². The lowest BCUT2D eigenvalue weighted by Gasteiger charge is -2.13. The van der Waals surface area contributed by atoms with Crippen molar-refractivity contribution >= 4 is 11.6 Å². The fourth-order valence-electron chi connectivity index (χ4n) is 1.20. The maximum absolute atomic E-state index is 10.8. The van der Waals surface area contributed by atoms with Gasteiger partial charge in [-0.3, -0.25) is 10.1 Å². The molecule has 8 nitrogen and oxygen atoms in total. The van der Waals surface area contributed by atoms with Gasteiger partial charge in [-0.2, -0.15) is 4.98 Å². The van der Waals surface area contributed by atoms with E-state index < -0.39 is 4.92 Å². The number of nitrogens with zero attached hydrogens (tertiary/aromatic N) is 3. The van der Waals surface area contributed by atoms with Gasteiger partial charge in [0.25, 0.3) is 5.88 Å². The van der Waals surface area contributed by atoms with Crippen LogP contribution < -0.4 is 10.1 Å². The van der Waals surface area contributed by atoms with E-state index >= 15 is 0 Å². The number of hydrogen-bond donors (Lipinski definition) is 1. The summed E-state index contributed by atoms with van der Waals surface area (Å²) in [7, 11) is 1.62. The van der Waals surface area contributed by atoms with Gasteiger partial charge < -0.3 is 14.8 Å². The zero-order chi connectivity index (χ0) is 13.5. The highest BCUT2D eigenvalue weighted by Crippen LogP contribution is 2.25. The van der Waals surface area contributed by atoms with Crippen LogP contribution in [0.4, 0.5) is 11.6 Å². The van der Waals surface area contributed by atoms with Gasteiger partial charge in [-0.05, 0) is 13.8 Å². The van der Waals surface area contributed by atoms with Crippen molar-refractivity contribution in [3.63, 3.8) is 0 Å². The predicted octanol–water partition coefficient (Wildman–Crippen LogP) is 1.23. The number of rotatable bonds is 7. The topological polar surface area (TPSA) is 99.4 Å². The molecule has 0 aliphatic rings. The van der Waals surface area contributed by atoms with Crippen LogP contribution in [0.5, 0.6) is 5.88 Å². The third-order valence-corrected chi connectivity index (χ3v) is 2.03. The highest BCUT2D eigenvalue weighted by atomic mass is 16.6. The molecule has 1 aromatic rings. The molecule has 8 heteroatoms. The molecule has 0 spiro atoms. The largest absolute Gasteiger partial charge is 0.467 e. The predicted molar refractivity (Wildman–Crippen MR) is 64.8 cm³/mol. The van der Waals surface area contributed by atoms with E-state index in [0.717, 1.165) is 6.20 Å². The number of nitro groups is 1. The summed E-state index contributed by atoms with van der Waals surface area (Å²) in [4.78, 5) is 17.9. The lowest BCUT2D eigenvalue weighted by molar-refractivity contribution is -0.386. The lowest BCUT2D eigenvalue weighted by Crippen LogP contribution is -2.20. The van der Waals surface area contributed by atoms with Gasteiger partial charge in [-0.25, -0.2) is 4.98 Å². The second-order valence-electron chi connectivity index (χ2n) is 3.48. The van der Waals surface area contributed by atoms with E-state index in [9.17, 15) is 10.1 Å². The Morgan fingerprint density at radius 2 is 2.33 bits per heavy atom. The van der Waals surface area contributed by atoms with Crippen LogP contribution in [0.3, 0.4) is 0 Å². The van der Waals surface area contributed by atoms with Gasteiger partial charge in [0.15, 0.2) is 0 Å². The van der Waals surface area contributed by atoms with Crippen molar-refractivity contribution in [1.82, 2.24) is 9.97 Å². The second-order valence-corrected chi connectivity index (χ2v) is 3.48. The molecule has 1 aromatic heterocycles. The first-order valence-corrected chi connectivity index (χ1v) is 5.52. The molecule has 0 aliphatic heterocycles. The molecule has 18 heavy (non-hydrogen) atoms. The van der Waals surface area contributed by atoms with Crippen molar-refractivity contribution in [3.05, 3.63) is 16.3 Å². The minimum atomic E-state index is -0.581. The number of ether oxygens (including phenoxy) is 2. The maximum atomic E-state index is 10.8. The summed E-state index contributed by atoms with van der Waals surface area (Å²) in [6.07, 6.45) is 0.782. The summed E-state index contributed by atoms with van der Waals surface area (Å²) >= 11 is 0. The van der Waals surface area contributed by atoms with Gasteiger partial charge in [-0.1, -0.05) is 0 Å². The van der Waals surface area contributed by atoms with Crippen LogP contribution in [0, 0.1) is 10.1 Å². The van der Waals surface area contributed by atoms with Gasteiger partial charge in [-0.15, -0.1) is 0 Å². The Morgan fingerprint density at radius 1 is 1.61 bits per heavy atom. The second kappa shape index (κ2) is 6.70. The summed E-state index contributed by atoms with van der Waals surface area (Å²) in [5, 5.41) is 13.5. The molecule has 0 fully saturated rings. The smallest absolute Gasteiger partial charge is 0.349 e. The van der Waals surface area contributed by atoms with Crippen LogP contribution in [0.1, 0.15) is 13.8 Å². The summed E-state index contributed by atoms with van der Waals surface area (Å²) in [6, 6.07) is 0. The first-order chi connectivity index (χ1) is 8.58. The molecule has 0 aromatic carbocycles. The van der Waals surface area contributed by atoms with E-state index in [1.54, 1.807) is 14.0 Å². The van der Waals surface area contributed by atoms with Crippen LogP contribution in [0.25, 0.3) is 0 Å². The van der Waals surface area contributed by atoms with Crippen LogP contribution >= 0.6 is 0 Å². The summed E-state index contributed by atoms with van der Waals surface area (Å²) in [5.74, 6) is 0.200. The quantitative estimate of drug-likeness (QED) is 0.578. The van der Waals surface area contributed by atoms with Crippen LogP contribution in [0.15, 0.2) is 6.20 Å². The Morgan fingerprint density at radius 3 is 2.89 bits per heavy atom. The van der Waals surface area contributed by atoms with Crippen molar-refractivity contribution in [2.75, 3.05) is 25.6 Å². The average molecular weight is 256 g/mol. The molecule has 0 saturated heterocycles. The molecule has 0 aliphatic carbocycles. The van der Waals surface area contributed by atoms with Gasteiger partial charge >= 0.3 is 5.69 Å². The van der Waals surface area contributed by atoms with E-state index in [4.69, 9.17) is 9.47 Å². The summed E-state index contributed by atoms with van der Waals surface area (Å²) < 4.78 is 10.6. The fourth-order valence-corrected chi connectivity index (χ4v) is 1.20. The molecule has 0 bridgehead atoms. The molecule has 1 heterocycles. The van der Waals surface area contributed by atoms with Crippen LogP contribution in [-0.2, 0) is 4.74 Å². The highest BCUT2D eigenvalue weighted by molar-refractivity contribution is 5.42. The summed E-state index contributed by atoms with van der Waals surface area (Å²) in [5.41, 5.74) is -0.266. The molecule has 0 amide bonds. The lowest BCUT2D eigenvalue weighted by atomic mass is 10.4. The van der Waals surface area contributed by atoms with E-state index in [2.05, 4.69) is 15.3 Å². The first-order valence-electron chi connectivity index (χ1n) is 5.52. The van der Waals surface area contributed by atoms with Gasteiger partial charge in [0.1, 0.15) is 12.3 Å². The minimum Gasteiger partial charge on any atom is -0.467 e. The van der Waals surface area contributed by atoms with Crippen molar-refractivity contribution in [3.8, 4) is 5.88 Å². The molecule has 0 saturated carbocycles. The Bertz CT molecular complexity index is 413. The molecule has 1 N–H and O–H groups in total. The van der Waals surface area contributed by atoms with E-state index in [-0.39, 0.29) is 23.6 Å². The molecular formula is C10H16N4O4. The van der Waals surface area contributed by atoms with E-state index in [1.807, 2.05) is 6.92 Å². The van der Waals surface area contributed by atoms with Crippen LogP contribution in [-0.4, -0.2) is 41.3 Å². The molecule has 1 atom stereocenters. The molecular weight excluding hydrogens is 240 g/mol. The van der Waals surface area contributed by atoms with Crippen molar-refractivity contribution < 1.29 is 14.4 Å². The Balaban J connectivity index is 2.86. The van der Waals surface area contributed by atoms with Gasteiger partial charge in [0.2, 0.25) is 5.95 Å². The first kappa shape index (κ1) is 14.1. The molecule has 100 valence electrons. The SMILES string of the molecule is CCOCC(C)Oc1nc(NC)ncc1[N+](=O)[O-]. The highest BCUT2D eigenvalue weighted by Gasteiger charge is 2.20. The maximum Gasteiger partial charge on any atom is 0.349 e. The summed E-state index contributed by atoms with van der Waals surface area (Å²) in [6.45, 7) is 4.51. The fraction of sp³-hybridized carbons (Fsp3) is 0.600. The van der Waals surface area contributed by atoms with Gasteiger partial charge in [0.05, 0.1) is 11.5 Å². The van der Waals surface area contributed by atoms with Gasteiger partial charge in [0, 0.05) is 13.7 Å². The molecule has 0 radical (unpaired) electrons. The number of anilines is 1. The van der Waals surface area contributed by atoms with Crippen LogP contribution in [0.2, 0.25) is 0 Å². The Hall–Kier alpha value is -1.96. The van der Waals surface area contributed by atoms with Crippen molar-refractivity contribution in [2.45, 2.75) is 20.0 Å². The zero-order valence-corrected chi connectivity index (χ0v) is 10.5. The Labute approximate surface area is 104 Å². The van der Waals surface area contributed by atoms with Crippen molar-refractivity contribution in [1.29, 1.82) is 0 Å². The Kier molecular flexibility index (Phi) is 5.25. The van der Waals surface area contributed by atoms with E-state index in [1.165, 1.54) is 0 Å². The third kappa shape index (κ3) is 3.81. The monoisotopic (exact) mass is 256 g/mol. The number of nitrogens with one attached hydrogen (secondary N) is 1. The zero-order valence-electron chi connectivity index (χ0n) is 10.5. The molecule has 1 unspecified atom stereocenters. The standard InChI is InChI=1S/C10H16N4O4/c1-4-17-6-7(2)18-9-8(14(15)16)5-12-10(11-3)13-9/h5,7H,4,6H2,1-3H3,(H,11,12,13). The van der Waals surface area contributed by atoms with E-state index in [0.29, 0.717) is 13.2 Å². The normalized spacial score (nSPS) is 11.9. The number of hydrogen-bond acceptors (Lipinski definition) is 7. The number of aromatic nitrogens is 2. The average Bonchev–Trinajstić information content (AvgIpc) is 2.35. The molecule has 1 rings (SSSR count). The third-order valence-electron chi connectivity index (χ3n) is 2.03.